The molecule has 0 radical (unpaired) electrons. The minimum absolute atomic E-state index is 0.491. The van der Waals surface area contributed by atoms with Gasteiger partial charge in [0.2, 0.25) is 0 Å². The van der Waals surface area contributed by atoms with Gasteiger partial charge in [0.1, 0.15) is 5.58 Å². The first-order chi connectivity index (χ1) is 25.8. The van der Waals surface area contributed by atoms with Crippen LogP contribution >= 0.6 is 11.3 Å². The van der Waals surface area contributed by atoms with Crippen LogP contribution in [0.2, 0.25) is 0 Å². The molecule has 0 saturated heterocycles. The number of fused-ring (bicyclic) bond motifs is 15. The zero-order valence-corrected chi connectivity index (χ0v) is 28.8. The Kier molecular flexibility index (Phi) is 5.62. The average Bonchev–Trinajstić information content (AvgIpc) is 3.95. The standard InChI is InChI=1S/C49H29NOS/c1-3-15-30(16-4-1)49(31-17-5-2-6-18-31)38-23-11-7-19-33(38)34-28-27-32(29-39(34)49)50-40-24-12-8-20-35(40)43-44-37-22-10-14-26-42(37)52-48(44)45-36-21-9-13-25-41(36)51-47(45)46(43)50/h1-29H. The van der Waals surface area contributed by atoms with E-state index in [1.54, 1.807) is 0 Å². The summed E-state index contributed by atoms with van der Waals surface area (Å²) in [6, 6.07) is 64.5. The molecule has 3 heterocycles. The third kappa shape index (κ3) is 3.48. The number of para-hydroxylation sites is 2. The lowest BCUT2D eigenvalue weighted by atomic mass is 9.67. The molecule has 11 aromatic rings. The van der Waals surface area contributed by atoms with Crippen molar-refractivity contribution in [2.45, 2.75) is 5.41 Å². The Hall–Kier alpha value is -6.42. The fraction of sp³-hybridized carbons (Fsp3) is 0.0204. The van der Waals surface area contributed by atoms with E-state index in [-0.39, 0.29) is 0 Å². The summed E-state index contributed by atoms with van der Waals surface area (Å²) in [6.07, 6.45) is 0. The maximum atomic E-state index is 6.97. The zero-order valence-electron chi connectivity index (χ0n) is 28.0. The normalized spacial score (nSPS) is 13.5. The summed E-state index contributed by atoms with van der Waals surface area (Å²) in [5.41, 5.74) is 12.4. The van der Waals surface area contributed by atoms with E-state index in [1.165, 1.54) is 75.2 Å². The van der Waals surface area contributed by atoms with Crippen LogP contribution in [-0.4, -0.2) is 4.57 Å². The summed E-state index contributed by atoms with van der Waals surface area (Å²) in [5.74, 6) is 0. The van der Waals surface area contributed by atoms with Crippen molar-refractivity contribution >= 4 is 75.3 Å². The second-order valence-corrected chi connectivity index (χ2v) is 15.0. The van der Waals surface area contributed by atoms with Crippen LogP contribution in [0.4, 0.5) is 0 Å². The maximum Gasteiger partial charge on any atom is 0.161 e. The van der Waals surface area contributed by atoms with Crippen LogP contribution in [0.1, 0.15) is 22.3 Å². The number of hydrogen-bond donors (Lipinski definition) is 0. The van der Waals surface area contributed by atoms with Gasteiger partial charge in [-0.15, -0.1) is 11.3 Å². The maximum absolute atomic E-state index is 6.97. The Labute approximate surface area is 303 Å². The molecule has 0 amide bonds. The third-order valence-electron chi connectivity index (χ3n) is 11.5. The van der Waals surface area contributed by atoms with Crippen molar-refractivity contribution in [3.05, 3.63) is 198 Å². The highest BCUT2D eigenvalue weighted by Crippen LogP contribution is 2.57. The van der Waals surface area contributed by atoms with E-state index in [0.29, 0.717) is 0 Å². The van der Waals surface area contributed by atoms with E-state index in [2.05, 4.69) is 180 Å². The van der Waals surface area contributed by atoms with Crippen molar-refractivity contribution in [3.8, 4) is 16.8 Å². The number of aromatic nitrogens is 1. The number of nitrogens with zero attached hydrogens (tertiary/aromatic N) is 1. The molecular formula is C49H29NOS. The summed E-state index contributed by atoms with van der Waals surface area (Å²) in [7, 11) is 0. The Morgan fingerprint density at radius 2 is 1.12 bits per heavy atom. The Morgan fingerprint density at radius 1 is 0.481 bits per heavy atom. The van der Waals surface area contributed by atoms with Gasteiger partial charge in [0.25, 0.3) is 0 Å². The van der Waals surface area contributed by atoms with Gasteiger partial charge in [0.15, 0.2) is 5.58 Å². The van der Waals surface area contributed by atoms with Crippen molar-refractivity contribution in [1.82, 2.24) is 4.57 Å². The monoisotopic (exact) mass is 679 g/mol. The van der Waals surface area contributed by atoms with Crippen LogP contribution < -0.4 is 0 Å². The van der Waals surface area contributed by atoms with Crippen molar-refractivity contribution in [3.63, 3.8) is 0 Å². The summed E-state index contributed by atoms with van der Waals surface area (Å²) < 4.78 is 12.0. The van der Waals surface area contributed by atoms with Crippen molar-refractivity contribution in [2.75, 3.05) is 0 Å². The molecule has 0 unspecified atom stereocenters. The van der Waals surface area contributed by atoms with Crippen LogP contribution in [0.5, 0.6) is 0 Å². The molecule has 3 heteroatoms. The first-order valence-corrected chi connectivity index (χ1v) is 18.7. The van der Waals surface area contributed by atoms with Crippen LogP contribution in [0.25, 0.3) is 80.7 Å². The van der Waals surface area contributed by atoms with Gasteiger partial charge in [-0.3, -0.25) is 0 Å². The van der Waals surface area contributed by atoms with Gasteiger partial charge in [-0.1, -0.05) is 146 Å². The van der Waals surface area contributed by atoms with Gasteiger partial charge in [-0.2, -0.15) is 0 Å². The van der Waals surface area contributed by atoms with Crippen LogP contribution in [0.3, 0.4) is 0 Å². The minimum Gasteiger partial charge on any atom is -0.454 e. The second-order valence-electron chi connectivity index (χ2n) is 13.9. The molecule has 1 aliphatic rings. The van der Waals surface area contributed by atoms with Crippen molar-refractivity contribution < 1.29 is 4.42 Å². The Morgan fingerprint density at radius 3 is 1.92 bits per heavy atom. The third-order valence-corrected chi connectivity index (χ3v) is 12.6. The number of benzene rings is 8. The van der Waals surface area contributed by atoms with E-state index in [0.717, 1.165) is 27.8 Å². The molecule has 8 aromatic carbocycles. The lowest BCUT2D eigenvalue weighted by Crippen LogP contribution is -2.28. The van der Waals surface area contributed by atoms with Crippen LogP contribution in [-0.2, 0) is 5.41 Å². The number of furan rings is 1. The number of rotatable bonds is 3. The zero-order chi connectivity index (χ0) is 34.0. The highest BCUT2D eigenvalue weighted by atomic mass is 32.1. The number of thiophene rings is 1. The van der Waals surface area contributed by atoms with E-state index >= 15 is 0 Å². The lowest BCUT2D eigenvalue weighted by Gasteiger charge is -2.34. The Balaban J connectivity index is 1.28. The fourth-order valence-corrected chi connectivity index (χ4v) is 10.7. The minimum atomic E-state index is -0.491. The highest BCUT2D eigenvalue weighted by Gasteiger charge is 2.46. The average molecular weight is 680 g/mol. The first kappa shape index (κ1) is 28.3. The van der Waals surface area contributed by atoms with E-state index in [1.807, 2.05) is 11.3 Å². The van der Waals surface area contributed by atoms with Crippen LogP contribution in [0, 0.1) is 0 Å². The lowest BCUT2D eigenvalue weighted by molar-refractivity contribution is 0.671. The molecular weight excluding hydrogens is 651 g/mol. The molecule has 12 rings (SSSR count). The summed E-state index contributed by atoms with van der Waals surface area (Å²) >= 11 is 1.87. The fourth-order valence-electron chi connectivity index (χ4n) is 9.46. The predicted octanol–water partition coefficient (Wildman–Crippen LogP) is 13.4. The molecule has 3 aromatic heterocycles. The smallest absolute Gasteiger partial charge is 0.161 e. The van der Waals surface area contributed by atoms with E-state index in [4.69, 9.17) is 4.42 Å². The molecule has 0 aliphatic heterocycles. The Bertz CT molecular complexity index is 3200. The largest absolute Gasteiger partial charge is 0.454 e. The van der Waals surface area contributed by atoms with Gasteiger partial charge in [0.05, 0.1) is 16.4 Å². The van der Waals surface area contributed by atoms with Gasteiger partial charge < -0.3 is 8.98 Å². The molecule has 0 spiro atoms. The topological polar surface area (TPSA) is 18.1 Å². The first-order valence-electron chi connectivity index (χ1n) is 17.9. The van der Waals surface area contributed by atoms with Crippen molar-refractivity contribution in [1.29, 1.82) is 0 Å². The molecule has 52 heavy (non-hydrogen) atoms. The molecule has 0 saturated carbocycles. The second kappa shape index (κ2) is 10.3. The van der Waals surface area contributed by atoms with Gasteiger partial charge in [0, 0.05) is 47.4 Å². The molecule has 0 bridgehead atoms. The molecule has 1 aliphatic carbocycles. The number of hydrogen-bond acceptors (Lipinski definition) is 2. The van der Waals surface area contributed by atoms with E-state index < -0.39 is 5.41 Å². The van der Waals surface area contributed by atoms with E-state index in [9.17, 15) is 0 Å². The van der Waals surface area contributed by atoms with Gasteiger partial charge in [-0.05, 0) is 63.7 Å². The summed E-state index contributed by atoms with van der Waals surface area (Å²) in [6.45, 7) is 0. The van der Waals surface area contributed by atoms with Crippen LogP contribution in [0.15, 0.2) is 180 Å². The molecule has 2 nitrogen and oxygen atoms in total. The molecule has 242 valence electrons. The SMILES string of the molecule is c1ccc(C2(c3ccccc3)c3ccccc3-c3ccc(-n4c5ccccc5c5c6c7ccccc7sc6c6c7ccccc7oc6c54)cc32)cc1. The summed E-state index contributed by atoms with van der Waals surface area (Å²) in [5, 5.41) is 7.43. The van der Waals surface area contributed by atoms with Gasteiger partial charge >= 0.3 is 0 Å². The summed E-state index contributed by atoms with van der Waals surface area (Å²) in [4.78, 5) is 0. The molecule has 0 N–H and O–H groups in total. The molecule has 0 atom stereocenters. The highest BCUT2D eigenvalue weighted by molar-refractivity contribution is 7.27. The van der Waals surface area contributed by atoms with Crippen molar-refractivity contribution in [2.24, 2.45) is 0 Å². The predicted molar refractivity (Wildman–Crippen MR) is 218 cm³/mol. The van der Waals surface area contributed by atoms with Gasteiger partial charge in [-0.25, -0.2) is 0 Å². The quantitative estimate of drug-likeness (QED) is 0.182. The molecule has 0 fully saturated rings.